The monoisotopic (exact) mass is 471 g/mol. The average Bonchev–Trinajstić information content (AvgIpc) is 2.87. The molecule has 0 spiro atoms. The Balaban J connectivity index is 1.57. The van der Waals surface area contributed by atoms with Gasteiger partial charge in [-0.2, -0.15) is 0 Å². The number of benzene rings is 3. The van der Waals surface area contributed by atoms with E-state index in [4.69, 9.17) is 4.98 Å². The van der Waals surface area contributed by atoms with E-state index in [1.165, 1.54) is 11.8 Å². The van der Waals surface area contributed by atoms with Crippen LogP contribution < -0.4 is 10.9 Å². The molecule has 1 N–H and O–H groups in total. The Kier molecular flexibility index (Phi) is 7.80. The van der Waals surface area contributed by atoms with Crippen molar-refractivity contribution in [3.8, 4) is 0 Å². The van der Waals surface area contributed by atoms with Crippen LogP contribution >= 0.6 is 11.8 Å². The van der Waals surface area contributed by atoms with Crippen molar-refractivity contribution in [1.29, 1.82) is 0 Å². The van der Waals surface area contributed by atoms with Crippen molar-refractivity contribution in [3.63, 3.8) is 0 Å². The number of nitrogens with one attached hydrogen (secondary N) is 1. The van der Waals surface area contributed by atoms with E-state index in [1.54, 1.807) is 10.6 Å². The summed E-state index contributed by atoms with van der Waals surface area (Å²) in [5.74, 6) is 0.0785. The van der Waals surface area contributed by atoms with E-state index < -0.39 is 0 Å². The molecule has 0 aliphatic carbocycles. The number of aryl methyl sites for hydroxylation is 3. The zero-order chi connectivity index (χ0) is 23.9. The quantitative estimate of drug-likeness (QED) is 0.259. The number of hydrogen-bond acceptors (Lipinski definition) is 4. The van der Waals surface area contributed by atoms with Gasteiger partial charge < -0.3 is 5.32 Å². The van der Waals surface area contributed by atoms with Crippen molar-refractivity contribution in [3.05, 3.63) is 99.8 Å². The third-order valence-electron chi connectivity index (χ3n) is 5.89. The second kappa shape index (κ2) is 11.2. The number of rotatable bonds is 9. The van der Waals surface area contributed by atoms with Crippen LogP contribution in [0.3, 0.4) is 0 Å². The zero-order valence-electron chi connectivity index (χ0n) is 19.6. The fourth-order valence-corrected chi connectivity index (χ4v) is 4.87. The third kappa shape index (κ3) is 5.39. The van der Waals surface area contributed by atoms with Crippen molar-refractivity contribution in [2.75, 3.05) is 11.1 Å². The van der Waals surface area contributed by atoms with Crippen LogP contribution in [0.1, 0.15) is 30.5 Å². The van der Waals surface area contributed by atoms with E-state index >= 15 is 0 Å². The van der Waals surface area contributed by atoms with Gasteiger partial charge in [0.1, 0.15) is 0 Å². The maximum absolute atomic E-state index is 13.3. The standard InChI is InChI=1S/C28H29N3O2S/c1-3-21-13-10-14-22(4-2)26(21)30-25(32)19-34-28-29-24-16-9-8-15-23(24)27(33)31(28)18-17-20-11-6-5-7-12-20/h5-16H,3-4,17-19H2,1-2H3,(H,30,32). The second-order valence-electron chi connectivity index (χ2n) is 8.10. The molecule has 6 heteroatoms. The third-order valence-corrected chi connectivity index (χ3v) is 6.87. The molecule has 0 aliphatic rings. The van der Waals surface area contributed by atoms with E-state index in [0.29, 0.717) is 29.0 Å². The summed E-state index contributed by atoms with van der Waals surface area (Å²) in [5.41, 5.74) is 4.89. The lowest BCUT2D eigenvalue weighted by Crippen LogP contribution is -2.25. The van der Waals surface area contributed by atoms with Crippen LogP contribution in [0, 0.1) is 0 Å². The first-order chi connectivity index (χ1) is 16.6. The van der Waals surface area contributed by atoms with Crippen molar-refractivity contribution in [1.82, 2.24) is 9.55 Å². The molecule has 0 fully saturated rings. The fourth-order valence-electron chi connectivity index (χ4n) is 4.05. The molecule has 1 aromatic heterocycles. The molecule has 174 valence electrons. The SMILES string of the molecule is CCc1cccc(CC)c1NC(=O)CSc1nc2ccccc2c(=O)n1CCc1ccccc1. The van der Waals surface area contributed by atoms with Crippen LogP contribution in [0.5, 0.6) is 0 Å². The van der Waals surface area contributed by atoms with Crippen molar-refractivity contribution >= 4 is 34.3 Å². The van der Waals surface area contributed by atoms with Crippen LogP contribution in [0.2, 0.25) is 0 Å². The topological polar surface area (TPSA) is 64.0 Å². The summed E-state index contributed by atoms with van der Waals surface area (Å²) < 4.78 is 1.70. The van der Waals surface area contributed by atoms with E-state index in [9.17, 15) is 9.59 Å². The van der Waals surface area contributed by atoms with Crippen molar-refractivity contribution in [2.45, 2.75) is 44.8 Å². The Morgan fingerprint density at radius 3 is 2.29 bits per heavy atom. The predicted octanol–water partition coefficient (Wildman–Crippen LogP) is 5.49. The summed E-state index contributed by atoms with van der Waals surface area (Å²) in [6.45, 7) is 4.68. The lowest BCUT2D eigenvalue weighted by Gasteiger charge is -2.15. The minimum Gasteiger partial charge on any atom is -0.325 e. The molecule has 4 rings (SSSR count). The van der Waals surface area contributed by atoms with Gasteiger partial charge in [-0.05, 0) is 48.1 Å². The van der Waals surface area contributed by atoms with Crippen LogP contribution in [-0.2, 0) is 30.6 Å². The number of aromatic nitrogens is 2. The van der Waals surface area contributed by atoms with Crippen molar-refractivity contribution in [2.24, 2.45) is 0 Å². The van der Waals surface area contributed by atoms with Gasteiger partial charge in [0.15, 0.2) is 5.16 Å². The highest BCUT2D eigenvalue weighted by Gasteiger charge is 2.15. The molecule has 0 aliphatic heterocycles. The Morgan fingerprint density at radius 1 is 0.912 bits per heavy atom. The van der Waals surface area contributed by atoms with Gasteiger partial charge in [-0.1, -0.05) is 86.3 Å². The van der Waals surface area contributed by atoms with Gasteiger partial charge in [0.2, 0.25) is 5.91 Å². The van der Waals surface area contributed by atoms with Gasteiger partial charge >= 0.3 is 0 Å². The van der Waals surface area contributed by atoms with Gasteiger partial charge in [-0.25, -0.2) is 4.98 Å². The van der Waals surface area contributed by atoms with Gasteiger partial charge in [-0.15, -0.1) is 0 Å². The number of nitrogens with zero attached hydrogens (tertiary/aromatic N) is 2. The largest absolute Gasteiger partial charge is 0.325 e. The highest BCUT2D eigenvalue weighted by molar-refractivity contribution is 7.99. The van der Waals surface area contributed by atoms with E-state index in [-0.39, 0.29) is 17.2 Å². The van der Waals surface area contributed by atoms with Gasteiger partial charge in [0, 0.05) is 12.2 Å². The van der Waals surface area contributed by atoms with Gasteiger partial charge in [0.25, 0.3) is 5.56 Å². The number of para-hydroxylation sites is 2. The molecule has 0 saturated heterocycles. The second-order valence-corrected chi connectivity index (χ2v) is 9.04. The first-order valence-corrected chi connectivity index (χ1v) is 12.7. The summed E-state index contributed by atoms with van der Waals surface area (Å²) in [6.07, 6.45) is 2.41. The molecule has 0 bridgehead atoms. The maximum Gasteiger partial charge on any atom is 0.262 e. The number of thioether (sulfide) groups is 1. The Bertz CT molecular complexity index is 1330. The molecule has 0 atom stereocenters. The van der Waals surface area contributed by atoms with E-state index in [2.05, 4.69) is 31.3 Å². The fraction of sp³-hybridized carbons (Fsp3) is 0.250. The molecule has 1 heterocycles. The van der Waals surface area contributed by atoms with Gasteiger partial charge in [-0.3, -0.25) is 14.2 Å². The minimum absolute atomic E-state index is 0.0750. The first-order valence-electron chi connectivity index (χ1n) is 11.7. The van der Waals surface area contributed by atoms with Crippen molar-refractivity contribution < 1.29 is 4.79 Å². The summed E-state index contributed by atoms with van der Waals surface area (Å²) in [5, 5.41) is 4.26. The first kappa shape index (κ1) is 23.8. The predicted molar refractivity (Wildman–Crippen MR) is 141 cm³/mol. The molecular weight excluding hydrogens is 442 g/mol. The highest BCUT2D eigenvalue weighted by atomic mass is 32.2. The molecule has 1 amide bonds. The van der Waals surface area contributed by atoms with Crippen LogP contribution in [0.25, 0.3) is 10.9 Å². The molecule has 4 aromatic rings. The summed E-state index contributed by atoms with van der Waals surface area (Å²) in [7, 11) is 0. The Hall–Kier alpha value is -3.38. The molecule has 0 unspecified atom stereocenters. The zero-order valence-corrected chi connectivity index (χ0v) is 20.4. The number of hydrogen-bond donors (Lipinski definition) is 1. The smallest absolute Gasteiger partial charge is 0.262 e. The molecule has 0 saturated carbocycles. The number of amides is 1. The lowest BCUT2D eigenvalue weighted by atomic mass is 10.0. The lowest BCUT2D eigenvalue weighted by molar-refractivity contribution is -0.113. The van der Waals surface area contributed by atoms with E-state index in [0.717, 1.165) is 35.2 Å². The highest BCUT2D eigenvalue weighted by Crippen LogP contribution is 2.24. The van der Waals surface area contributed by atoms with Crippen LogP contribution in [0.4, 0.5) is 5.69 Å². The normalized spacial score (nSPS) is 11.0. The molecule has 0 radical (unpaired) electrons. The summed E-state index contributed by atoms with van der Waals surface area (Å²) >= 11 is 1.31. The minimum atomic E-state index is -0.0994. The number of carbonyl (C=O) groups excluding carboxylic acids is 1. The van der Waals surface area contributed by atoms with Crippen LogP contribution in [0.15, 0.2) is 82.7 Å². The number of anilines is 1. The molecule has 3 aromatic carbocycles. The van der Waals surface area contributed by atoms with E-state index in [1.807, 2.05) is 54.6 Å². The average molecular weight is 472 g/mol. The molecule has 5 nitrogen and oxygen atoms in total. The molecule has 34 heavy (non-hydrogen) atoms. The number of fused-ring (bicyclic) bond motifs is 1. The van der Waals surface area contributed by atoms with Crippen LogP contribution in [-0.4, -0.2) is 21.2 Å². The summed E-state index contributed by atoms with van der Waals surface area (Å²) in [6, 6.07) is 23.6. The Labute approximate surface area is 204 Å². The Morgan fingerprint density at radius 2 is 1.59 bits per heavy atom. The number of carbonyl (C=O) groups is 1. The maximum atomic E-state index is 13.3. The molecular formula is C28H29N3O2S. The van der Waals surface area contributed by atoms with Gasteiger partial charge in [0.05, 0.1) is 16.7 Å². The summed E-state index contributed by atoms with van der Waals surface area (Å²) in [4.78, 5) is 30.9.